The smallest absolute Gasteiger partial charge is 0.397 e. The predicted molar refractivity (Wildman–Crippen MR) is 107 cm³/mol. The topological polar surface area (TPSA) is 87.6 Å². The Balaban J connectivity index is 1.59. The fourth-order valence-electron chi connectivity index (χ4n) is 4.10. The third-order valence-electron chi connectivity index (χ3n) is 5.71. The molecule has 0 aliphatic carbocycles. The number of piperazine rings is 1. The number of hydrogen-bond donors (Lipinski definition) is 3. The molecular formula is C19H27ClF3N5O. The molecule has 29 heavy (non-hydrogen) atoms. The van der Waals surface area contributed by atoms with Crippen molar-refractivity contribution >= 4 is 23.2 Å². The molecule has 1 aromatic rings. The summed E-state index contributed by atoms with van der Waals surface area (Å²) in [7, 11) is 0. The van der Waals surface area contributed by atoms with Crippen LogP contribution in [0.4, 0.5) is 18.9 Å². The number of halogens is 4. The van der Waals surface area contributed by atoms with Crippen LogP contribution in [-0.2, 0) is 17.4 Å². The number of nitrogens with two attached hydrogens (primary N) is 2. The number of benzene rings is 1. The summed E-state index contributed by atoms with van der Waals surface area (Å²) >= 11 is 5.86. The number of likely N-dealkylation sites (tertiary alicyclic amines) is 1. The lowest BCUT2D eigenvalue weighted by atomic mass is 9.99. The molecule has 2 saturated heterocycles. The average molecular weight is 434 g/mol. The first-order valence-corrected chi connectivity index (χ1v) is 10.2. The van der Waals surface area contributed by atoms with Gasteiger partial charge < -0.3 is 21.7 Å². The van der Waals surface area contributed by atoms with Gasteiger partial charge in [-0.2, -0.15) is 13.2 Å². The summed E-state index contributed by atoms with van der Waals surface area (Å²) < 4.78 is 39.4. The summed E-state index contributed by atoms with van der Waals surface area (Å²) in [6.07, 6.45) is -2.89. The number of amides is 1. The van der Waals surface area contributed by atoms with Crippen LogP contribution in [0.1, 0.15) is 24.0 Å². The molecule has 5 N–H and O–H groups in total. The lowest BCUT2D eigenvalue weighted by Gasteiger charge is -2.40. The van der Waals surface area contributed by atoms with Crippen LogP contribution in [0.2, 0.25) is 5.02 Å². The summed E-state index contributed by atoms with van der Waals surface area (Å²) in [5.41, 5.74) is 10.2. The molecule has 0 aromatic heterocycles. The quantitative estimate of drug-likeness (QED) is 0.629. The van der Waals surface area contributed by atoms with Crippen molar-refractivity contribution in [2.45, 2.75) is 37.5 Å². The molecule has 6 nitrogen and oxygen atoms in total. The largest absolute Gasteiger partial charge is 0.418 e. The van der Waals surface area contributed by atoms with Crippen LogP contribution >= 0.6 is 11.6 Å². The third kappa shape index (κ3) is 5.33. The number of anilines is 1. The Labute approximate surface area is 173 Å². The Hall–Kier alpha value is -1.55. The van der Waals surface area contributed by atoms with Crippen molar-refractivity contribution in [1.82, 2.24) is 15.1 Å². The van der Waals surface area contributed by atoms with Gasteiger partial charge in [0.15, 0.2) is 0 Å². The van der Waals surface area contributed by atoms with Gasteiger partial charge in [-0.25, -0.2) is 0 Å². The van der Waals surface area contributed by atoms with Gasteiger partial charge in [0.1, 0.15) is 0 Å². The Morgan fingerprint density at radius 1 is 1.21 bits per heavy atom. The van der Waals surface area contributed by atoms with Crippen molar-refractivity contribution in [1.29, 1.82) is 0 Å². The van der Waals surface area contributed by atoms with Gasteiger partial charge in [-0.15, -0.1) is 0 Å². The Morgan fingerprint density at radius 3 is 2.41 bits per heavy atom. The molecular weight excluding hydrogens is 407 g/mol. The fraction of sp³-hybridized carbons (Fsp3) is 0.632. The van der Waals surface area contributed by atoms with Gasteiger partial charge in [0, 0.05) is 45.3 Å². The maximum Gasteiger partial charge on any atom is 0.418 e. The van der Waals surface area contributed by atoms with E-state index in [0.29, 0.717) is 19.1 Å². The number of nitrogens with zero attached hydrogens (tertiary/aromatic N) is 2. The second-order valence-corrected chi connectivity index (χ2v) is 8.10. The normalized spacial score (nSPS) is 20.7. The zero-order chi connectivity index (χ0) is 21.2. The van der Waals surface area contributed by atoms with Crippen molar-refractivity contribution in [2.24, 2.45) is 5.73 Å². The van der Waals surface area contributed by atoms with E-state index in [-0.39, 0.29) is 22.9 Å². The van der Waals surface area contributed by atoms with Gasteiger partial charge in [-0.3, -0.25) is 9.69 Å². The van der Waals surface area contributed by atoms with E-state index in [1.165, 1.54) is 6.07 Å². The van der Waals surface area contributed by atoms with E-state index in [4.69, 9.17) is 23.1 Å². The van der Waals surface area contributed by atoms with Gasteiger partial charge in [-0.05, 0) is 37.0 Å². The fourth-order valence-corrected chi connectivity index (χ4v) is 4.34. The molecule has 0 radical (unpaired) electrons. The standard InChI is InChI=1S/C19H27ClF3N5O/c20-15-10-12(9-14(17(15)25)19(21,22)23)11-16(24)18(29)28-5-1-13(2-6-28)27-7-3-26-4-8-27/h9-10,13,16,26H,1-8,11,24-25H2/t16-/m1/s1. The summed E-state index contributed by atoms with van der Waals surface area (Å²) in [6, 6.07) is 1.80. The molecule has 1 amide bonds. The third-order valence-corrected chi connectivity index (χ3v) is 6.02. The first kappa shape index (κ1) is 22.1. The molecule has 10 heteroatoms. The lowest BCUT2D eigenvalue weighted by Crippen LogP contribution is -2.54. The zero-order valence-electron chi connectivity index (χ0n) is 16.1. The first-order chi connectivity index (χ1) is 13.7. The highest BCUT2D eigenvalue weighted by molar-refractivity contribution is 6.33. The second-order valence-electron chi connectivity index (χ2n) is 7.69. The van der Waals surface area contributed by atoms with Crippen LogP contribution in [0, 0.1) is 0 Å². The van der Waals surface area contributed by atoms with Crippen LogP contribution < -0.4 is 16.8 Å². The summed E-state index contributed by atoms with van der Waals surface area (Å²) in [5.74, 6) is -0.245. The van der Waals surface area contributed by atoms with E-state index in [0.717, 1.165) is 45.1 Å². The van der Waals surface area contributed by atoms with Gasteiger partial charge in [0.2, 0.25) is 5.91 Å². The molecule has 162 valence electrons. The number of rotatable bonds is 4. The minimum atomic E-state index is -4.62. The lowest BCUT2D eigenvalue weighted by molar-refractivity contribution is -0.137. The van der Waals surface area contributed by atoms with Gasteiger partial charge in [-0.1, -0.05) is 11.6 Å². The predicted octanol–water partition coefficient (Wildman–Crippen LogP) is 1.71. The van der Waals surface area contributed by atoms with Crippen LogP contribution in [0.25, 0.3) is 0 Å². The number of alkyl halides is 3. The van der Waals surface area contributed by atoms with Gasteiger partial charge in [0.25, 0.3) is 0 Å². The van der Waals surface area contributed by atoms with E-state index >= 15 is 0 Å². The van der Waals surface area contributed by atoms with Crippen molar-refractivity contribution in [3.05, 3.63) is 28.3 Å². The maximum atomic E-state index is 13.1. The second kappa shape index (κ2) is 9.07. The van der Waals surface area contributed by atoms with E-state index in [9.17, 15) is 18.0 Å². The molecule has 0 bridgehead atoms. The monoisotopic (exact) mass is 433 g/mol. The van der Waals surface area contributed by atoms with Crippen LogP contribution in [0.5, 0.6) is 0 Å². The molecule has 0 spiro atoms. The molecule has 2 fully saturated rings. The van der Waals surface area contributed by atoms with Gasteiger partial charge >= 0.3 is 6.18 Å². The number of carbonyl (C=O) groups is 1. The molecule has 1 aromatic carbocycles. The maximum absolute atomic E-state index is 13.1. The van der Waals surface area contributed by atoms with E-state index < -0.39 is 23.5 Å². The molecule has 1 atom stereocenters. The highest BCUT2D eigenvalue weighted by Crippen LogP contribution is 2.38. The number of nitrogen functional groups attached to an aromatic ring is 1. The van der Waals surface area contributed by atoms with E-state index in [2.05, 4.69) is 10.2 Å². The molecule has 2 heterocycles. The van der Waals surface area contributed by atoms with E-state index in [1.54, 1.807) is 4.90 Å². The van der Waals surface area contributed by atoms with Crippen molar-refractivity contribution in [2.75, 3.05) is 45.0 Å². The number of nitrogens with one attached hydrogen (secondary N) is 1. The summed E-state index contributed by atoms with van der Waals surface area (Å²) in [5, 5.41) is 3.14. The number of carbonyl (C=O) groups excluding carboxylic acids is 1. The highest BCUT2D eigenvalue weighted by Gasteiger charge is 2.35. The highest BCUT2D eigenvalue weighted by atomic mass is 35.5. The zero-order valence-corrected chi connectivity index (χ0v) is 16.9. The Bertz CT molecular complexity index is 731. The van der Waals surface area contributed by atoms with Crippen LogP contribution in [0.15, 0.2) is 12.1 Å². The van der Waals surface area contributed by atoms with Crippen molar-refractivity contribution < 1.29 is 18.0 Å². The van der Waals surface area contributed by atoms with Crippen LogP contribution in [0.3, 0.4) is 0 Å². The van der Waals surface area contributed by atoms with Gasteiger partial charge in [0.05, 0.1) is 22.3 Å². The van der Waals surface area contributed by atoms with Crippen LogP contribution in [-0.4, -0.2) is 67.1 Å². The van der Waals surface area contributed by atoms with E-state index in [1.807, 2.05) is 0 Å². The average Bonchev–Trinajstić information content (AvgIpc) is 2.70. The molecule has 3 rings (SSSR count). The first-order valence-electron chi connectivity index (χ1n) is 9.81. The minimum absolute atomic E-state index is 0.0281. The number of hydrogen-bond acceptors (Lipinski definition) is 5. The minimum Gasteiger partial charge on any atom is -0.397 e. The van der Waals surface area contributed by atoms with Crippen molar-refractivity contribution in [3.63, 3.8) is 0 Å². The summed E-state index contributed by atoms with van der Waals surface area (Å²) in [6.45, 7) is 5.20. The molecule has 2 aliphatic rings. The van der Waals surface area contributed by atoms with Crippen molar-refractivity contribution in [3.8, 4) is 0 Å². The SMILES string of the molecule is Nc1c(Cl)cc(C[C@@H](N)C(=O)N2CCC(N3CCNCC3)CC2)cc1C(F)(F)F. The molecule has 2 aliphatic heterocycles. The summed E-state index contributed by atoms with van der Waals surface area (Å²) in [4.78, 5) is 16.9. The molecule has 0 saturated carbocycles. The Morgan fingerprint density at radius 2 is 1.83 bits per heavy atom. The number of piperidine rings is 1. The Kier molecular flexibility index (Phi) is 6.93. The molecule has 0 unspecified atom stereocenters.